The molecule has 0 spiro atoms. The molecule has 4 heterocycles. The molecule has 21 heavy (non-hydrogen) atoms. The van der Waals surface area contributed by atoms with Gasteiger partial charge in [-0.05, 0) is 13.8 Å². The van der Waals surface area contributed by atoms with Crippen molar-refractivity contribution in [3.8, 4) is 0 Å². The Morgan fingerprint density at radius 1 is 0.667 bits per heavy atom. The minimum absolute atomic E-state index is 0.0319. The van der Waals surface area contributed by atoms with Gasteiger partial charge in [-0.2, -0.15) is 0 Å². The van der Waals surface area contributed by atoms with Crippen molar-refractivity contribution in [1.29, 1.82) is 0 Å². The van der Waals surface area contributed by atoms with E-state index in [1.54, 1.807) is 0 Å². The van der Waals surface area contributed by atoms with Gasteiger partial charge in [0.25, 0.3) is 0 Å². The van der Waals surface area contributed by atoms with E-state index in [-0.39, 0.29) is 5.66 Å². The van der Waals surface area contributed by atoms with E-state index in [1.165, 1.54) is 0 Å². The third kappa shape index (κ3) is 3.94. The lowest BCUT2D eigenvalue weighted by atomic mass is 10.1. The molecule has 4 aliphatic heterocycles. The highest BCUT2D eigenvalue weighted by molar-refractivity contribution is 4.93. The fourth-order valence-electron chi connectivity index (χ4n) is 2.92. The van der Waals surface area contributed by atoms with E-state index in [1.807, 2.05) is 0 Å². The van der Waals surface area contributed by atoms with Gasteiger partial charge in [-0.25, -0.2) is 0 Å². The largest absolute Gasteiger partial charge is 0.372 e. The number of hydrogen-bond acceptors (Lipinski definition) is 6. The Kier molecular flexibility index (Phi) is 3.72. The van der Waals surface area contributed by atoms with Crippen LogP contribution < -0.4 is 0 Å². The normalized spacial score (nSPS) is 37.1. The Morgan fingerprint density at radius 2 is 0.905 bits per heavy atom. The summed E-state index contributed by atoms with van der Waals surface area (Å²) in [4.78, 5) is 5.04. The van der Waals surface area contributed by atoms with Gasteiger partial charge in [0.1, 0.15) is 0 Å². The smallest absolute Gasteiger partial charge is 0.0937 e. The van der Waals surface area contributed by atoms with E-state index in [4.69, 9.17) is 18.9 Å². The zero-order valence-electron chi connectivity index (χ0n) is 13.0. The third-order valence-electron chi connectivity index (χ3n) is 4.85. The highest BCUT2D eigenvalue weighted by Gasteiger charge is 2.44. The Hall–Kier alpha value is -0.240. The predicted molar refractivity (Wildman–Crippen MR) is 76.2 cm³/mol. The van der Waals surface area contributed by atoms with Crippen molar-refractivity contribution in [1.82, 2.24) is 9.80 Å². The van der Waals surface area contributed by atoms with Crippen LogP contribution in [0.5, 0.6) is 0 Å². The fourth-order valence-corrected chi connectivity index (χ4v) is 2.92. The molecule has 4 saturated heterocycles. The fraction of sp³-hybridized carbons (Fsp3) is 1.00. The van der Waals surface area contributed by atoms with E-state index in [0.29, 0.717) is 24.4 Å². The van der Waals surface area contributed by atoms with Crippen LogP contribution in [0.15, 0.2) is 0 Å². The van der Waals surface area contributed by atoms with Crippen molar-refractivity contribution < 1.29 is 18.9 Å². The van der Waals surface area contributed by atoms with Gasteiger partial charge in [-0.1, -0.05) is 0 Å². The van der Waals surface area contributed by atoms with Crippen LogP contribution in [0.3, 0.4) is 0 Å². The van der Waals surface area contributed by atoms with E-state index < -0.39 is 0 Å². The quantitative estimate of drug-likeness (QED) is 0.415. The molecule has 120 valence electrons. The maximum Gasteiger partial charge on any atom is 0.0937 e. The second kappa shape index (κ2) is 5.44. The van der Waals surface area contributed by atoms with Gasteiger partial charge in [0.05, 0.1) is 56.5 Å². The summed E-state index contributed by atoms with van der Waals surface area (Å²) in [7, 11) is 0. The lowest BCUT2D eigenvalue weighted by molar-refractivity contribution is -0.0449. The molecular formula is C15H26N2O4. The second-order valence-electron chi connectivity index (χ2n) is 7.13. The van der Waals surface area contributed by atoms with E-state index in [0.717, 1.165) is 52.6 Å². The van der Waals surface area contributed by atoms with Crippen molar-refractivity contribution in [3.05, 3.63) is 0 Å². The number of ether oxygens (including phenoxy) is 4. The molecule has 0 saturated carbocycles. The topological polar surface area (TPSA) is 56.6 Å². The second-order valence-corrected chi connectivity index (χ2v) is 7.13. The predicted octanol–water partition coefficient (Wildman–Crippen LogP) is -0.0783. The molecule has 0 aliphatic carbocycles. The van der Waals surface area contributed by atoms with Gasteiger partial charge in [0.15, 0.2) is 0 Å². The molecular weight excluding hydrogens is 272 g/mol. The summed E-state index contributed by atoms with van der Waals surface area (Å²) in [6.07, 6.45) is 1.61. The van der Waals surface area contributed by atoms with Crippen molar-refractivity contribution in [2.45, 2.75) is 43.9 Å². The molecule has 6 nitrogen and oxygen atoms in total. The summed E-state index contributed by atoms with van der Waals surface area (Å²) in [5.74, 6) is 0. The van der Waals surface area contributed by atoms with Crippen LogP contribution in [0.4, 0.5) is 0 Å². The minimum atomic E-state index is -0.0319. The SMILES string of the molecule is CC(C)(N(CC1CO1)CC1CO1)N(CC1CO1)CC1CO1. The first-order chi connectivity index (χ1) is 10.1. The molecule has 4 rings (SSSR count). The van der Waals surface area contributed by atoms with E-state index in [9.17, 15) is 0 Å². The zero-order valence-corrected chi connectivity index (χ0v) is 13.0. The average molecular weight is 298 g/mol. The Labute approximate surface area is 126 Å². The monoisotopic (exact) mass is 298 g/mol. The summed E-state index contributed by atoms with van der Waals surface area (Å²) < 4.78 is 21.8. The van der Waals surface area contributed by atoms with Gasteiger partial charge < -0.3 is 18.9 Å². The maximum absolute atomic E-state index is 5.45. The number of nitrogens with zero attached hydrogens (tertiary/aromatic N) is 2. The third-order valence-corrected chi connectivity index (χ3v) is 4.85. The highest BCUT2D eigenvalue weighted by Crippen LogP contribution is 2.29. The molecule has 0 aromatic carbocycles. The molecule has 0 radical (unpaired) electrons. The van der Waals surface area contributed by atoms with Gasteiger partial charge in [0.2, 0.25) is 0 Å². The first-order valence-corrected chi connectivity index (χ1v) is 8.08. The van der Waals surface area contributed by atoms with Crippen molar-refractivity contribution >= 4 is 0 Å². The summed E-state index contributed by atoms with van der Waals surface area (Å²) in [5, 5.41) is 0. The average Bonchev–Trinajstić information content (AvgIpc) is 3.28. The number of rotatable bonds is 10. The molecule has 4 fully saturated rings. The Balaban J connectivity index is 1.44. The maximum atomic E-state index is 5.45. The Morgan fingerprint density at radius 3 is 1.10 bits per heavy atom. The molecule has 6 heteroatoms. The molecule has 4 atom stereocenters. The standard InChI is InChI=1S/C15H26N2O4/c1-15(2,16(3-11-7-18-11)4-12-8-19-12)17(5-13-9-20-13)6-14-10-21-14/h11-14H,3-10H2,1-2H3. The van der Waals surface area contributed by atoms with Crippen molar-refractivity contribution in [2.24, 2.45) is 0 Å². The summed E-state index contributed by atoms with van der Waals surface area (Å²) in [6.45, 7) is 12.2. The molecule has 0 aromatic heterocycles. The Bertz CT molecular complexity index is 314. The van der Waals surface area contributed by atoms with Crippen LogP contribution in [0.25, 0.3) is 0 Å². The van der Waals surface area contributed by atoms with Crippen LogP contribution in [-0.2, 0) is 18.9 Å². The van der Waals surface area contributed by atoms with Gasteiger partial charge in [-0.15, -0.1) is 0 Å². The molecule has 0 aromatic rings. The van der Waals surface area contributed by atoms with Gasteiger partial charge >= 0.3 is 0 Å². The van der Waals surface area contributed by atoms with Crippen molar-refractivity contribution in [3.63, 3.8) is 0 Å². The highest BCUT2D eigenvalue weighted by atomic mass is 16.6. The lowest BCUT2D eigenvalue weighted by Crippen LogP contribution is -2.60. The first-order valence-electron chi connectivity index (χ1n) is 8.08. The van der Waals surface area contributed by atoms with Crippen molar-refractivity contribution in [2.75, 3.05) is 52.6 Å². The van der Waals surface area contributed by atoms with Crippen LogP contribution in [-0.4, -0.2) is 92.5 Å². The molecule has 0 N–H and O–H groups in total. The summed E-state index contributed by atoms with van der Waals surface area (Å²) in [5.41, 5.74) is -0.0319. The molecule has 0 bridgehead atoms. The molecule has 4 unspecified atom stereocenters. The molecule has 0 amide bonds. The van der Waals surface area contributed by atoms with Crippen LogP contribution in [0.2, 0.25) is 0 Å². The van der Waals surface area contributed by atoms with Gasteiger partial charge in [0, 0.05) is 26.2 Å². The zero-order chi connectivity index (χ0) is 14.4. The van der Waals surface area contributed by atoms with Crippen LogP contribution in [0.1, 0.15) is 13.8 Å². The van der Waals surface area contributed by atoms with Gasteiger partial charge in [-0.3, -0.25) is 9.80 Å². The van der Waals surface area contributed by atoms with Crippen LogP contribution >= 0.6 is 0 Å². The summed E-state index contributed by atoms with van der Waals surface area (Å²) in [6, 6.07) is 0. The molecule has 4 aliphatic rings. The van der Waals surface area contributed by atoms with Crippen LogP contribution in [0, 0.1) is 0 Å². The summed E-state index contributed by atoms with van der Waals surface area (Å²) >= 11 is 0. The van der Waals surface area contributed by atoms with E-state index in [2.05, 4.69) is 23.6 Å². The lowest BCUT2D eigenvalue weighted by Gasteiger charge is -2.46. The van der Waals surface area contributed by atoms with E-state index >= 15 is 0 Å². The minimum Gasteiger partial charge on any atom is -0.372 e. The first kappa shape index (κ1) is 14.4. The number of epoxide rings is 4. The number of hydrogen-bond donors (Lipinski definition) is 0.